The summed E-state index contributed by atoms with van der Waals surface area (Å²) >= 11 is 8.75. The van der Waals surface area contributed by atoms with Crippen LogP contribution >= 0.6 is 27.5 Å². The zero-order chi connectivity index (χ0) is 10.0. The van der Waals surface area contributed by atoms with E-state index in [2.05, 4.69) is 20.9 Å². The lowest BCUT2D eigenvalue weighted by Crippen LogP contribution is -2.07. The van der Waals surface area contributed by atoms with Gasteiger partial charge in [0.25, 0.3) is 0 Å². The third-order valence-electron chi connectivity index (χ3n) is 1.21. The minimum Gasteiger partial charge on any atom is -0.455 e. The van der Waals surface area contributed by atoms with Crippen LogP contribution in [0.25, 0.3) is 0 Å². The van der Waals surface area contributed by atoms with E-state index in [1.165, 1.54) is 13.0 Å². The van der Waals surface area contributed by atoms with Gasteiger partial charge in [0.1, 0.15) is 4.60 Å². The Morgan fingerprint density at radius 3 is 2.85 bits per heavy atom. The average molecular weight is 270 g/mol. The number of nitrogens with two attached hydrogens (primary N) is 1. The van der Waals surface area contributed by atoms with Crippen LogP contribution in [0.2, 0.25) is 5.15 Å². The number of ether oxygens (including phenoxy) is 1. The van der Waals surface area contributed by atoms with Gasteiger partial charge in [-0.3, -0.25) is 0 Å². The minimum atomic E-state index is -1.47. The summed E-state index contributed by atoms with van der Waals surface area (Å²) in [6.45, 7) is 1.23. The van der Waals surface area contributed by atoms with E-state index >= 15 is 0 Å². The van der Waals surface area contributed by atoms with E-state index in [0.717, 1.165) is 0 Å². The first-order valence-corrected chi connectivity index (χ1v) is 4.60. The van der Waals surface area contributed by atoms with E-state index in [-0.39, 0.29) is 16.6 Å². The number of hydrogen-bond donors (Lipinski definition) is 1. The monoisotopic (exact) mass is 268 g/mol. The highest BCUT2D eigenvalue weighted by Gasteiger charge is 2.12. The van der Waals surface area contributed by atoms with Crippen molar-refractivity contribution < 1.29 is 9.13 Å². The molecule has 0 saturated heterocycles. The molecule has 3 nitrogen and oxygen atoms in total. The van der Waals surface area contributed by atoms with Crippen LogP contribution in [-0.2, 0) is 0 Å². The molecule has 6 heteroatoms. The van der Waals surface area contributed by atoms with Crippen LogP contribution in [0.1, 0.15) is 6.92 Å². The molecule has 1 unspecified atom stereocenters. The number of nitrogen functional groups attached to an aromatic ring is 1. The molecule has 0 radical (unpaired) electrons. The number of halogens is 3. The van der Waals surface area contributed by atoms with Crippen molar-refractivity contribution in [1.29, 1.82) is 0 Å². The van der Waals surface area contributed by atoms with Gasteiger partial charge in [-0.05, 0) is 22.0 Å². The lowest BCUT2D eigenvalue weighted by molar-refractivity contribution is 0.0865. The van der Waals surface area contributed by atoms with Gasteiger partial charge >= 0.3 is 0 Å². The fourth-order valence-electron chi connectivity index (χ4n) is 0.769. The van der Waals surface area contributed by atoms with Crippen LogP contribution in [0, 0.1) is 0 Å². The smallest absolute Gasteiger partial charge is 0.236 e. The third kappa shape index (κ3) is 2.70. The van der Waals surface area contributed by atoms with Crippen molar-refractivity contribution in [3.8, 4) is 5.75 Å². The molecule has 1 aromatic heterocycles. The van der Waals surface area contributed by atoms with Crippen molar-refractivity contribution in [3.63, 3.8) is 0 Å². The van der Waals surface area contributed by atoms with Gasteiger partial charge in [-0.25, -0.2) is 9.37 Å². The molecule has 1 aromatic rings. The number of aromatic nitrogens is 1. The predicted molar refractivity (Wildman–Crippen MR) is 52.6 cm³/mol. The second-order valence-electron chi connectivity index (χ2n) is 2.31. The molecule has 0 spiro atoms. The number of alkyl halides is 1. The van der Waals surface area contributed by atoms with Gasteiger partial charge < -0.3 is 10.5 Å². The first-order valence-electron chi connectivity index (χ1n) is 3.43. The van der Waals surface area contributed by atoms with Crippen LogP contribution in [0.15, 0.2) is 10.7 Å². The predicted octanol–water partition coefficient (Wildman–Crippen LogP) is 2.77. The summed E-state index contributed by atoms with van der Waals surface area (Å²) in [5.74, 6) is 0.0693. The molecular weight excluding hydrogens is 262 g/mol. The summed E-state index contributed by atoms with van der Waals surface area (Å²) in [5, 5.41) is 0.0383. The summed E-state index contributed by atoms with van der Waals surface area (Å²) < 4.78 is 17.7. The Balaban J connectivity index is 3.06. The van der Waals surface area contributed by atoms with Crippen LogP contribution in [0.4, 0.5) is 10.1 Å². The first kappa shape index (κ1) is 10.5. The molecule has 1 heterocycles. The molecule has 72 valence electrons. The van der Waals surface area contributed by atoms with E-state index in [0.29, 0.717) is 4.60 Å². The van der Waals surface area contributed by atoms with E-state index in [1.807, 2.05) is 0 Å². The molecule has 0 bridgehead atoms. The minimum absolute atomic E-state index is 0.0383. The number of hydrogen-bond acceptors (Lipinski definition) is 3. The molecule has 1 atom stereocenters. The number of rotatable bonds is 2. The van der Waals surface area contributed by atoms with Crippen molar-refractivity contribution in [2.24, 2.45) is 0 Å². The fraction of sp³-hybridized carbons (Fsp3) is 0.286. The summed E-state index contributed by atoms with van der Waals surface area (Å²) in [6.07, 6.45) is -1.47. The van der Waals surface area contributed by atoms with Gasteiger partial charge in [-0.2, -0.15) is 0 Å². The van der Waals surface area contributed by atoms with E-state index in [9.17, 15) is 4.39 Å². The van der Waals surface area contributed by atoms with Crippen molar-refractivity contribution in [2.75, 3.05) is 5.73 Å². The van der Waals surface area contributed by atoms with Crippen molar-refractivity contribution in [2.45, 2.75) is 13.3 Å². The maximum Gasteiger partial charge on any atom is 0.236 e. The normalized spacial score (nSPS) is 12.6. The Morgan fingerprint density at radius 1 is 1.77 bits per heavy atom. The maximum absolute atomic E-state index is 12.5. The van der Waals surface area contributed by atoms with Crippen molar-refractivity contribution in [3.05, 3.63) is 15.8 Å². The Morgan fingerprint density at radius 2 is 2.38 bits per heavy atom. The third-order valence-corrected chi connectivity index (χ3v) is 1.87. The van der Waals surface area contributed by atoms with Gasteiger partial charge in [0.2, 0.25) is 6.36 Å². The summed E-state index contributed by atoms with van der Waals surface area (Å²) in [6, 6.07) is 1.49. The topological polar surface area (TPSA) is 48.1 Å². The van der Waals surface area contributed by atoms with E-state index in [1.54, 1.807) is 0 Å². The molecule has 0 aliphatic carbocycles. The van der Waals surface area contributed by atoms with Crippen LogP contribution in [0.5, 0.6) is 5.75 Å². The molecule has 0 aliphatic heterocycles. The number of anilines is 1. The lowest BCUT2D eigenvalue weighted by atomic mass is 10.4. The Labute approximate surface area is 88.2 Å². The summed E-state index contributed by atoms with van der Waals surface area (Å²) in [4.78, 5) is 3.80. The molecule has 0 fully saturated rings. The summed E-state index contributed by atoms with van der Waals surface area (Å²) in [7, 11) is 0. The van der Waals surface area contributed by atoms with Gasteiger partial charge in [-0.15, -0.1) is 0 Å². The van der Waals surface area contributed by atoms with Crippen LogP contribution < -0.4 is 10.5 Å². The number of pyridine rings is 1. The fourth-order valence-corrected chi connectivity index (χ4v) is 1.54. The Bertz CT molecular complexity index is 298. The van der Waals surface area contributed by atoms with Crippen LogP contribution in [-0.4, -0.2) is 11.3 Å². The molecule has 0 saturated carbocycles. The van der Waals surface area contributed by atoms with Crippen molar-refractivity contribution >= 4 is 33.2 Å². The quantitative estimate of drug-likeness (QED) is 0.840. The molecular formula is C7H7BrClFN2O. The molecule has 13 heavy (non-hydrogen) atoms. The summed E-state index contributed by atoms with van der Waals surface area (Å²) in [5.41, 5.74) is 5.77. The molecule has 2 N–H and O–H groups in total. The maximum atomic E-state index is 12.5. The van der Waals surface area contributed by atoms with E-state index in [4.69, 9.17) is 22.1 Å². The first-order chi connectivity index (χ1) is 6.00. The van der Waals surface area contributed by atoms with Crippen molar-refractivity contribution in [1.82, 2.24) is 4.98 Å². The van der Waals surface area contributed by atoms with Gasteiger partial charge in [0.05, 0.1) is 5.69 Å². The van der Waals surface area contributed by atoms with Gasteiger partial charge in [-0.1, -0.05) is 11.6 Å². The average Bonchev–Trinajstić information content (AvgIpc) is 1.96. The molecule has 0 amide bonds. The van der Waals surface area contributed by atoms with E-state index < -0.39 is 6.36 Å². The second kappa shape index (κ2) is 4.11. The Kier molecular flexibility index (Phi) is 3.33. The molecule has 0 aliphatic rings. The zero-order valence-electron chi connectivity index (χ0n) is 6.72. The largest absolute Gasteiger partial charge is 0.455 e. The standard InChI is InChI=1S/C7H7BrClFN2O/c1-3(10)13-6-4(11)2-5(8)12-7(6)9/h2-3H,1H3,(H2,11,12). The highest BCUT2D eigenvalue weighted by atomic mass is 79.9. The SMILES string of the molecule is CC(F)Oc1c(N)cc(Br)nc1Cl. The highest BCUT2D eigenvalue weighted by Crippen LogP contribution is 2.32. The van der Waals surface area contributed by atoms with Gasteiger partial charge in [0, 0.05) is 6.92 Å². The molecule has 0 aromatic carbocycles. The van der Waals surface area contributed by atoms with Crippen LogP contribution in [0.3, 0.4) is 0 Å². The Hall–Kier alpha value is -0.550. The lowest BCUT2D eigenvalue weighted by Gasteiger charge is -2.10. The number of nitrogens with zero attached hydrogens (tertiary/aromatic N) is 1. The zero-order valence-corrected chi connectivity index (χ0v) is 9.06. The second-order valence-corrected chi connectivity index (χ2v) is 3.49. The molecule has 1 rings (SSSR count). The highest BCUT2D eigenvalue weighted by molar-refractivity contribution is 9.10. The van der Waals surface area contributed by atoms with Gasteiger partial charge in [0.15, 0.2) is 10.9 Å².